The number of urea groups is 1. The van der Waals surface area contributed by atoms with Gasteiger partial charge in [-0.3, -0.25) is 9.80 Å². The second kappa shape index (κ2) is 10.0. The van der Waals surface area contributed by atoms with Gasteiger partial charge in [0.05, 0.1) is 18.7 Å². The summed E-state index contributed by atoms with van der Waals surface area (Å²) in [4.78, 5) is 30.3. The van der Waals surface area contributed by atoms with E-state index in [0.29, 0.717) is 26.2 Å². The third-order valence-electron chi connectivity index (χ3n) is 5.09. The number of piperazine rings is 1. The molecule has 2 aromatic carbocycles. The highest BCUT2D eigenvalue weighted by atomic mass is 16.5. The van der Waals surface area contributed by atoms with E-state index in [1.54, 1.807) is 36.3 Å². The van der Waals surface area contributed by atoms with Crippen molar-refractivity contribution in [1.82, 2.24) is 9.80 Å². The standard InChI is InChI=1S/C22H27N3O4/c1-29-16-15-23-11-13-24(14-12-23)22(28)25(20-5-3-2-4-6-20)17-18-7-9-19(10-8-18)21(26)27/h2-10H,11-17H2,1H3,(H,26,27). The van der Waals surface area contributed by atoms with Crippen LogP contribution in [0.25, 0.3) is 0 Å². The van der Waals surface area contributed by atoms with E-state index < -0.39 is 5.97 Å². The van der Waals surface area contributed by atoms with Crippen LogP contribution in [-0.4, -0.2) is 73.3 Å². The van der Waals surface area contributed by atoms with Crippen molar-refractivity contribution >= 4 is 17.7 Å². The number of carboxylic acid groups (broad SMARTS) is 1. The van der Waals surface area contributed by atoms with Crippen molar-refractivity contribution in [3.8, 4) is 0 Å². The van der Waals surface area contributed by atoms with Gasteiger partial charge in [-0.25, -0.2) is 9.59 Å². The van der Waals surface area contributed by atoms with Gasteiger partial charge in [0.25, 0.3) is 0 Å². The fourth-order valence-corrected chi connectivity index (χ4v) is 3.37. The number of benzene rings is 2. The average molecular weight is 397 g/mol. The van der Waals surface area contributed by atoms with Crippen LogP contribution < -0.4 is 4.90 Å². The third-order valence-corrected chi connectivity index (χ3v) is 5.09. The summed E-state index contributed by atoms with van der Waals surface area (Å²) in [6, 6.07) is 16.2. The molecule has 7 nitrogen and oxygen atoms in total. The number of amides is 2. The van der Waals surface area contributed by atoms with Gasteiger partial charge < -0.3 is 14.7 Å². The van der Waals surface area contributed by atoms with Crippen molar-refractivity contribution in [3.63, 3.8) is 0 Å². The predicted molar refractivity (Wildman–Crippen MR) is 111 cm³/mol. The van der Waals surface area contributed by atoms with E-state index in [1.165, 1.54) is 0 Å². The molecule has 0 radical (unpaired) electrons. The van der Waals surface area contributed by atoms with Crippen molar-refractivity contribution in [2.24, 2.45) is 0 Å². The van der Waals surface area contributed by atoms with E-state index in [4.69, 9.17) is 9.84 Å². The average Bonchev–Trinajstić information content (AvgIpc) is 2.77. The van der Waals surface area contributed by atoms with E-state index in [9.17, 15) is 9.59 Å². The first-order valence-corrected chi connectivity index (χ1v) is 9.73. The van der Waals surface area contributed by atoms with Gasteiger partial charge in [-0.2, -0.15) is 0 Å². The first-order chi connectivity index (χ1) is 14.1. The molecule has 0 unspecified atom stereocenters. The molecule has 0 aromatic heterocycles. The molecule has 1 N–H and O–H groups in total. The number of hydrogen-bond donors (Lipinski definition) is 1. The van der Waals surface area contributed by atoms with Crippen molar-refractivity contribution in [2.45, 2.75) is 6.54 Å². The van der Waals surface area contributed by atoms with Gasteiger partial charge in [0.1, 0.15) is 0 Å². The zero-order chi connectivity index (χ0) is 20.6. The second-order valence-electron chi connectivity index (χ2n) is 7.03. The minimum atomic E-state index is -0.959. The van der Waals surface area contributed by atoms with Crippen LogP contribution in [0.15, 0.2) is 54.6 Å². The van der Waals surface area contributed by atoms with E-state index in [0.717, 1.165) is 30.9 Å². The van der Waals surface area contributed by atoms with Gasteiger partial charge in [0, 0.05) is 45.5 Å². The van der Waals surface area contributed by atoms with Crippen LogP contribution in [0.4, 0.5) is 10.5 Å². The van der Waals surface area contributed by atoms with E-state index >= 15 is 0 Å². The maximum Gasteiger partial charge on any atom is 0.335 e. The highest BCUT2D eigenvalue weighted by Gasteiger charge is 2.26. The molecule has 1 saturated heterocycles. The summed E-state index contributed by atoms with van der Waals surface area (Å²) in [6.07, 6.45) is 0. The lowest BCUT2D eigenvalue weighted by atomic mass is 10.1. The molecule has 2 amide bonds. The Hall–Kier alpha value is -2.90. The Balaban J connectivity index is 1.72. The zero-order valence-corrected chi connectivity index (χ0v) is 16.7. The lowest BCUT2D eigenvalue weighted by molar-refractivity contribution is 0.0697. The Morgan fingerprint density at radius 2 is 1.66 bits per heavy atom. The summed E-state index contributed by atoms with van der Waals surface area (Å²) < 4.78 is 5.14. The lowest BCUT2D eigenvalue weighted by Crippen LogP contribution is -2.53. The van der Waals surface area contributed by atoms with Crippen LogP contribution >= 0.6 is 0 Å². The number of aromatic carboxylic acids is 1. The van der Waals surface area contributed by atoms with E-state index in [1.807, 2.05) is 35.2 Å². The molecule has 7 heteroatoms. The SMILES string of the molecule is COCCN1CCN(C(=O)N(Cc2ccc(C(=O)O)cc2)c2ccccc2)CC1. The van der Waals surface area contributed by atoms with Crippen LogP contribution in [0.5, 0.6) is 0 Å². The van der Waals surface area contributed by atoms with Gasteiger partial charge in [-0.1, -0.05) is 30.3 Å². The first kappa shape index (κ1) is 20.8. The fourth-order valence-electron chi connectivity index (χ4n) is 3.37. The van der Waals surface area contributed by atoms with Crippen molar-refractivity contribution in [1.29, 1.82) is 0 Å². The third kappa shape index (κ3) is 5.56. The largest absolute Gasteiger partial charge is 0.478 e. The van der Waals surface area contributed by atoms with Crippen LogP contribution in [0.3, 0.4) is 0 Å². The summed E-state index contributed by atoms with van der Waals surface area (Å²) in [5, 5.41) is 9.09. The molecule has 0 spiro atoms. The molecule has 154 valence electrons. The number of carboxylic acids is 1. The Bertz CT molecular complexity index is 803. The molecule has 0 atom stereocenters. The topological polar surface area (TPSA) is 73.3 Å². The Kier molecular flexibility index (Phi) is 7.21. The maximum atomic E-state index is 13.3. The number of hydrogen-bond acceptors (Lipinski definition) is 4. The van der Waals surface area contributed by atoms with Crippen molar-refractivity contribution < 1.29 is 19.4 Å². The minimum Gasteiger partial charge on any atom is -0.478 e. The monoisotopic (exact) mass is 397 g/mol. The molecule has 3 rings (SSSR count). The minimum absolute atomic E-state index is 0.0371. The molecular weight excluding hydrogens is 370 g/mol. The number of para-hydroxylation sites is 1. The molecule has 1 fully saturated rings. The summed E-state index contributed by atoms with van der Waals surface area (Å²) in [5.74, 6) is -0.959. The fraction of sp³-hybridized carbons (Fsp3) is 0.364. The number of carbonyl (C=O) groups excluding carboxylic acids is 1. The quantitative estimate of drug-likeness (QED) is 0.778. The maximum absolute atomic E-state index is 13.3. The molecule has 1 heterocycles. The Morgan fingerprint density at radius 1 is 1.00 bits per heavy atom. The van der Waals surface area contributed by atoms with Gasteiger partial charge in [-0.05, 0) is 29.8 Å². The first-order valence-electron chi connectivity index (χ1n) is 9.73. The number of nitrogens with zero attached hydrogens (tertiary/aromatic N) is 3. The van der Waals surface area contributed by atoms with Crippen LogP contribution in [0.2, 0.25) is 0 Å². The number of methoxy groups -OCH3 is 1. The van der Waals surface area contributed by atoms with Crippen LogP contribution in [0, 0.1) is 0 Å². The van der Waals surface area contributed by atoms with Gasteiger partial charge in [0.2, 0.25) is 0 Å². The normalized spacial score (nSPS) is 14.6. The molecule has 0 bridgehead atoms. The Morgan fingerprint density at radius 3 is 2.24 bits per heavy atom. The highest BCUT2D eigenvalue weighted by molar-refractivity contribution is 5.92. The predicted octanol–water partition coefficient (Wildman–Crippen LogP) is 2.78. The molecule has 1 aliphatic heterocycles. The van der Waals surface area contributed by atoms with Gasteiger partial charge in [0.15, 0.2) is 0 Å². The lowest BCUT2D eigenvalue weighted by Gasteiger charge is -2.37. The number of carbonyl (C=O) groups is 2. The van der Waals surface area contributed by atoms with Crippen LogP contribution in [0.1, 0.15) is 15.9 Å². The van der Waals surface area contributed by atoms with Gasteiger partial charge in [-0.15, -0.1) is 0 Å². The summed E-state index contributed by atoms with van der Waals surface area (Å²) in [5.41, 5.74) is 1.94. The molecule has 0 saturated carbocycles. The molecule has 1 aliphatic rings. The number of anilines is 1. The highest BCUT2D eigenvalue weighted by Crippen LogP contribution is 2.20. The van der Waals surface area contributed by atoms with Gasteiger partial charge >= 0.3 is 12.0 Å². The Labute approximate surface area is 171 Å². The smallest absolute Gasteiger partial charge is 0.335 e. The van der Waals surface area contributed by atoms with Crippen LogP contribution in [-0.2, 0) is 11.3 Å². The summed E-state index contributed by atoms with van der Waals surface area (Å²) in [7, 11) is 1.69. The summed E-state index contributed by atoms with van der Waals surface area (Å²) in [6.45, 7) is 4.93. The zero-order valence-electron chi connectivity index (χ0n) is 16.7. The van der Waals surface area contributed by atoms with Crippen molar-refractivity contribution in [2.75, 3.05) is 51.3 Å². The molecule has 0 aliphatic carbocycles. The number of ether oxygens (including phenoxy) is 1. The molecule has 2 aromatic rings. The summed E-state index contributed by atoms with van der Waals surface area (Å²) >= 11 is 0. The number of rotatable bonds is 7. The van der Waals surface area contributed by atoms with E-state index in [-0.39, 0.29) is 11.6 Å². The molecular formula is C22H27N3O4. The second-order valence-corrected chi connectivity index (χ2v) is 7.03. The molecule has 29 heavy (non-hydrogen) atoms. The van der Waals surface area contributed by atoms with E-state index in [2.05, 4.69) is 4.90 Å². The van der Waals surface area contributed by atoms with Crippen molar-refractivity contribution in [3.05, 3.63) is 65.7 Å².